The van der Waals surface area contributed by atoms with E-state index >= 15 is 0 Å². The number of nitrogens with one attached hydrogen (secondary N) is 1. The lowest BCUT2D eigenvalue weighted by Crippen LogP contribution is -2.43. The second-order valence-corrected chi connectivity index (χ2v) is 4.78. The van der Waals surface area contributed by atoms with Crippen molar-refractivity contribution in [2.45, 2.75) is 59.0 Å². The molecule has 0 spiro atoms. The van der Waals surface area contributed by atoms with Crippen LogP contribution in [0, 0.1) is 12.7 Å². The minimum absolute atomic E-state index is 0.112. The van der Waals surface area contributed by atoms with Crippen molar-refractivity contribution in [3.63, 3.8) is 0 Å². The Kier molecular flexibility index (Phi) is 5.13. The molecule has 0 bridgehead atoms. The van der Waals surface area contributed by atoms with Crippen molar-refractivity contribution in [3.05, 3.63) is 35.1 Å². The summed E-state index contributed by atoms with van der Waals surface area (Å²) in [6.07, 6.45) is 3.32. The van der Waals surface area contributed by atoms with Crippen molar-refractivity contribution in [1.82, 2.24) is 5.32 Å². The summed E-state index contributed by atoms with van der Waals surface area (Å²) in [6, 6.07) is 5.48. The molecule has 0 aliphatic carbocycles. The van der Waals surface area contributed by atoms with Crippen LogP contribution >= 0.6 is 0 Å². The molecule has 17 heavy (non-hydrogen) atoms. The molecule has 0 heterocycles. The van der Waals surface area contributed by atoms with Crippen molar-refractivity contribution in [2.75, 3.05) is 0 Å². The van der Waals surface area contributed by atoms with E-state index in [-0.39, 0.29) is 11.4 Å². The van der Waals surface area contributed by atoms with E-state index in [0.29, 0.717) is 5.56 Å². The number of hydrogen-bond donors (Lipinski definition) is 1. The van der Waals surface area contributed by atoms with Gasteiger partial charge in [-0.1, -0.05) is 32.9 Å². The van der Waals surface area contributed by atoms with E-state index < -0.39 is 0 Å². The van der Waals surface area contributed by atoms with Crippen LogP contribution in [0.4, 0.5) is 4.39 Å². The molecule has 0 aliphatic rings. The zero-order chi connectivity index (χ0) is 12.9. The lowest BCUT2D eigenvalue weighted by atomic mass is 9.89. The van der Waals surface area contributed by atoms with E-state index in [1.807, 2.05) is 12.1 Å². The molecule has 1 N–H and O–H groups in total. The summed E-state index contributed by atoms with van der Waals surface area (Å²) in [5, 5.41) is 3.58. The van der Waals surface area contributed by atoms with E-state index in [4.69, 9.17) is 0 Å². The van der Waals surface area contributed by atoms with Gasteiger partial charge in [-0.25, -0.2) is 4.39 Å². The molecule has 0 atom stereocenters. The van der Waals surface area contributed by atoms with Gasteiger partial charge in [-0.05, 0) is 43.4 Å². The first kappa shape index (κ1) is 14.2. The molecule has 0 saturated carbocycles. The van der Waals surface area contributed by atoms with Crippen LogP contribution in [-0.2, 0) is 6.54 Å². The van der Waals surface area contributed by atoms with E-state index in [1.165, 1.54) is 0 Å². The van der Waals surface area contributed by atoms with Crippen LogP contribution < -0.4 is 5.32 Å². The fourth-order valence-corrected chi connectivity index (χ4v) is 2.16. The molecule has 1 aromatic carbocycles. The molecule has 0 fully saturated rings. The molecule has 0 saturated heterocycles. The quantitative estimate of drug-likeness (QED) is 0.782. The summed E-state index contributed by atoms with van der Waals surface area (Å²) >= 11 is 0. The molecule has 1 nitrogen and oxygen atoms in total. The zero-order valence-corrected chi connectivity index (χ0v) is 11.4. The molecule has 1 rings (SSSR count). The van der Waals surface area contributed by atoms with E-state index in [1.54, 1.807) is 13.0 Å². The van der Waals surface area contributed by atoms with E-state index in [0.717, 1.165) is 31.4 Å². The number of hydrogen-bond acceptors (Lipinski definition) is 1. The minimum Gasteiger partial charge on any atom is -0.307 e. The summed E-state index contributed by atoms with van der Waals surface area (Å²) in [7, 11) is 0. The number of rotatable bonds is 6. The Hall–Kier alpha value is -0.890. The summed E-state index contributed by atoms with van der Waals surface area (Å²) in [5.41, 5.74) is 1.93. The topological polar surface area (TPSA) is 12.0 Å². The van der Waals surface area contributed by atoms with Crippen LogP contribution in [0.5, 0.6) is 0 Å². The fraction of sp³-hybridized carbons (Fsp3) is 0.600. The highest BCUT2D eigenvalue weighted by Gasteiger charge is 2.22. The highest BCUT2D eigenvalue weighted by atomic mass is 19.1. The Bertz CT molecular complexity index is 348. The van der Waals surface area contributed by atoms with Crippen LogP contribution in [0.2, 0.25) is 0 Å². The number of benzene rings is 1. The summed E-state index contributed by atoms with van der Waals surface area (Å²) in [5.74, 6) is -0.112. The maximum Gasteiger partial charge on any atom is 0.126 e. The first-order valence-corrected chi connectivity index (χ1v) is 6.57. The zero-order valence-electron chi connectivity index (χ0n) is 11.4. The first-order valence-electron chi connectivity index (χ1n) is 6.57. The second kappa shape index (κ2) is 6.15. The first-order chi connectivity index (χ1) is 8.06. The van der Waals surface area contributed by atoms with Crippen molar-refractivity contribution < 1.29 is 4.39 Å². The van der Waals surface area contributed by atoms with Crippen LogP contribution in [0.3, 0.4) is 0 Å². The van der Waals surface area contributed by atoms with Gasteiger partial charge >= 0.3 is 0 Å². The maximum absolute atomic E-state index is 13.4. The van der Waals surface area contributed by atoms with Gasteiger partial charge in [-0.3, -0.25) is 0 Å². The molecule has 2 heteroatoms. The number of aryl methyl sites for hydroxylation is 1. The normalized spacial score (nSPS) is 11.8. The Balaban J connectivity index is 2.68. The smallest absolute Gasteiger partial charge is 0.126 e. The van der Waals surface area contributed by atoms with Crippen molar-refractivity contribution in [2.24, 2.45) is 0 Å². The average Bonchev–Trinajstić information content (AvgIpc) is 2.36. The Morgan fingerprint density at radius 2 is 1.71 bits per heavy atom. The SMILES string of the molecule is CCC(CC)(CC)NCc1ccc(C)c(F)c1. The third-order valence-corrected chi connectivity index (χ3v) is 3.93. The largest absolute Gasteiger partial charge is 0.307 e. The van der Waals surface area contributed by atoms with Gasteiger partial charge in [0.25, 0.3) is 0 Å². The number of halogens is 1. The monoisotopic (exact) mass is 237 g/mol. The van der Waals surface area contributed by atoms with Gasteiger partial charge in [0.15, 0.2) is 0 Å². The standard InChI is InChI=1S/C15H24FN/c1-5-15(6-2,7-3)17-11-13-9-8-12(4)14(16)10-13/h8-10,17H,5-7,11H2,1-4H3. The Labute approximate surface area is 104 Å². The van der Waals surface area contributed by atoms with Crippen LogP contribution in [0.1, 0.15) is 51.2 Å². The average molecular weight is 237 g/mol. The maximum atomic E-state index is 13.4. The van der Waals surface area contributed by atoms with Crippen molar-refractivity contribution >= 4 is 0 Å². The Morgan fingerprint density at radius 3 is 2.18 bits per heavy atom. The molecule has 1 aromatic rings. The van der Waals surface area contributed by atoms with Crippen molar-refractivity contribution in [1.29, 1.82) is 0 Å². The molecule has 96 valence electrons. The molecular formula is C15H24FN. The lowest BCUT2D eigenvalue weighted by molar-refractivity contribution is 0.288. The highest BCUT2D eigenvalue weighted by Crippen LogP contribution is 2.20. The van der Waals surface area contributed by atoms with Crippen LogP contribution in [0.25, 0.3) is 0 Å². The molecule has 0 aromatic heterocycles. The molecule has 0 unspecified atom stereocenters. The summed E-state index contributed by atoms with van der Waals surface area (Å²) in [6.45, 7) is 9.15. The van der Waals surface area contributed by atoms with E-state index in [2.05, 4.69) is 26.1 Å². The van der Waals surface area contributed by atoms with E-state index in [9.17, 15) is 4.39 Å². The van der Waals surface area contributed by atoms with Gasteiger partial charge in [-0.2, -0.15) is 0 Å². The van der Waals surface area contributed by atoms with Gasteiger partial charge in [0.2, 0.25) is 0 Å². The van der Waals surface area contributed by atoms with Crippen LogP contribution in [0.15, 0.2) is 18.2 Å². The van der Waals surface area contributed by atoms with Crippen LogP contribution in [-0.4, -0.2) is 5.54 Å². The second-order valence-electron chi connectivity index (χ2n) is 4.78. The lowest BCUT2D eigenvalue weighted by Gasteiger charge is -2.32. The Morgan fingerprint density at radius 1 is 1.12 bits per heavy atom. The van der Waals surface area contributed by atoms with Gasteiger partial charge in [0, 0.05) is 12.1 Å². The van der Waals surface area contributed by atoms with Gasteiger partial charge < -0.3 is 5.32 Å². The summed E-state index contributed by atoms with van der Waals surface area (Å²) < 4.78 is 13.4. The van der Waals surface area contributed by atoms with Gasteiger partial charge in [0.05, 0.1) is 0 Å². The minimum atomic E-state index is -0.112. The predicted molar refractivity (Wildman–Crippen MR) is 71.6 cm³/mol. The molecule has 0 amide bonds. The van der Waals surface area contributed by atoms with Crippen molar-refractivity contribution in [3.8, 4) is 0 Å². The molecular weight excluding hydrogens is 213 g/mol. The summed E-state index contributed by atoms with van der Waals surface area (Å²) in [4.78, 5) is 0. The molecule has 0 radical (unpaired) electrons. The predicted octanol–water partition coefficient (Wildman–Crippen LogP) is 4.19. The third-order valence-electron chi connectivity index (χ3n) is 3.93. The van der Waals surface area contributed by atoms with Gasteiger partial charge in [0.1, 0.15) is 5.82 Å². The molecule has 0 aliphatic heterocycles. The third kappa shape index (κ3) is 3.53. The van der Waals surface area contributed by atoms with Gasteiger partial charge in [-0.15, -0.1) is 0 Å². The highest BCUT2D eigenvalue weighted by molar-refractivity contribution is 5.23. The fourth-order valence-electron chi connectivity index (χ4n) is 2.16.